The van der Waals surface area contributed by atoms with Crippen molar-refractivity contribution in [3.8, 4) is 11.3 Å². The molecule has 0 aliphatic carbocycles. The molecule has 0 saturated heterocycles. The fraction of sp³-hybridized carbons (Fsp3) is 0.0952. The third-order valence-corrected chi connectivity index (χ3v) is 4.94. The molecular formula is C21H16ClFN6O3. The van der Waals surface area contributed by atoms with Crippen LogP contribution in [0.2, 0.25) is 5.02 Å². The van der Waals surface area contributed by atoms with Crippen LogP contribution in [0.1, 0.15) is 11.6 Å². The molecule has 0 saturated carbocycles. The second-order valence-corrected chi connectivity index (χ2v) is 7.11. The van der Waals surface area contributed by atoms with Gasteiger partial charge in [0.1, 0.15) is 5.82 Å². The summed E-state index contributed by atoms with van der Waals surface area (Å²) in [5.74, 6) is -0.292. The molecule has 0 amide bonds. The van der Waals surface area contributed by atoms with Gasteiger partial charge in [0.25, 0.3) is 11.1 Å². The number of benzene rings is 1. The highest BCUT2D eigenvalue weighted by Gasteiger charge is 2.16. The first-order valence-corrected chi connectivity index (χ1v) is 9.76. The van der Waals surface area contributed by atoms with Crippen molar-refractivity contribution < 1.29 is 9.50 Å². The Morgan fingerprint density at radius 3 is 2.66 bits per heavy atom. The summed E-state index contributed by atoms with van der Waals surface area (Å²) in [5.41, 5.74) is 0.607. The van der Waals surface area contributed by atoms with Crippen molar-refractivity contribution in [2.75, 3.05) is 11.9 Å². The van der Waals surface area contributed by atoms with E-state index in [1.165, 1.54) is 47.4 Å². The van der Waals surface area contributed by atoms with Gasteiger partial charge in [-0.1, -0.05) is 17.7 Å². The Morgan fingerprint density at radius 1 is 1.12 bits per heavy atom. The summed E-state index contributed by atoms with van der Waals surface area (Å²) in [4.78, 5) is 39.1. The minimum atomic E-state index is -0.785. The second kappa shape index (κ2) is 9.08. The minimum Gasteiger partial charge on any atom is -0.394 e. The van der Waals surface area contributed by atoms with E-state index in [4.69, 9.17) is 11.6 Å². The third-order valence-electron chi connectivity index (χ3n) is 4.64. The summed E-state index contributed by atoms with van der Waals surface area (Å²) in [6, 6.07) is 9.21. The zero-order valence-electron chi connectivity index (χ0n) is 16.4. The number of hydrogen-bond acceptors (Lipinski definition) is 7. The van der Waals surface area contributed by atoms with Gasteiger partial charge in [0, 0.05) is 36.3 Å². The van der Waals surface area contributed by atoms with Crippen LogP contribution in [0.4, 0.5) is 16.3 Å². The molecule has 0 unspecified atom stereocenters. The number of anilines is 2. The van der Waals surface area contributed by atoms with Crippen molar-refractivity contribution in [1.82, 2.24) is 24.5 Å². The van der Waals surface area contributed by atoms with Gasteiger partial charge in [-0.15, -0.1) is 0 Å². The van der Waals surface area contributed by atoms with Crippen LogP contribution < -0.4 is 16.4 Å². The largest absolute Gasteiger partial charge is 0.394 e. The average molecular weight is 455 g/mol. The zero-order valence-corrected chi connectivity index (χ0v) is 17.1. The Balaban J connectivity index is 1.63. The summed E-state index contributed by atoms with van der Waals surface area (Å²) in [6.07, 6.45) is 4.33. The maximum Gasteiger partial charge on any atom is 0.252 e. The molecular weight excluding hydrogens is 439 g/mol. The fourth-order valence-electron chi connectivity index (χ4n) is 3.10. The standard InChI is InChI=1S/C21H16ClFN6O3/c22-14-2-1-13(9-15(14)23)17(11-30)29-8-5-12(10-19(29)32)16-3-6-24-20(26-16)28-21-25-7-4-18(31)27-21/h1-10,17,30H,11H2,(H2,24,25,26,27,28,31)/t17-/m1/s1. The lowest BCUT2D eigenvalue weighted by Crippen LogP contribution is -2.27. The highest BCUT2D eigenvalue weighted by atomic mass is 35.5. The van der Waals surface area contributed by atoms with E-state index >= 15 is 0 Å². The molecule has 0 aliphatic heterocycles. The lowest BCUT2D eigenvalue weighted by atomic mass is 10.1. The van der Waals surface area contributed by atoms with E-state index < -0.39 is 24.0 Å². The van der Waals surface area contributed by atoms with E-state index in [1.807, 2.05) is 0 Å². The SMILES string of the molecule is O=c1ccnc(Nc2nccc(-c3ccn([C@H](CO)c4ccc(Cl)c(F)c4)c(=O)c3)n2)[nH]1. The molecule has 0 aliphatic rings. The zero-order chi connectivity index (χ0) is 22.7. The van der Waals surface area contributed by atoms with Crippen molar-refractivity contribution in [3.05, 3.63) is 98.2 Å². The number of H-pyrrole nitrogens is 1. The summed E-state index contributed by atoms with van der Waals surface area (Å²) >= 11 is 5.72. The number of aromatic nitrogens is 5. The topological polar surface area (TPSA) is 126 Å². The fourth-order valence-corrected chi connectivity index (χ4v) is 3.22. The maximum atomic E-state index is 13.8. The molecule has 1 atom stereocenters. The summed E-state index contributed by atoms with van der Waals surface area (Å²) in [5, 5.41) is 12.6. The number of aliphatic hydroxyl groups excluding tert-OH is 1. The van der Waals surface area contributed by atoms with Crippen LogP contribution in [-0.4, -0.2) is 36.2 Å². The molecule has 0 radical (unpaired) electrons. The van der Waals surface area contributed by atoms with E-state index in [9.17, 15) is 19.1 Å². The lowest BCUT2D eigenvalue weighted by molar-refractivity contribution is 0.247. The van der Waals surface area contributed by atoms with Crippen LogP contribution in [0.5, 0.6) is 0 Å². The Kier molecular flexibility index (Phi) is 6.06. The number of hydrogen-bond donors (Lipinski definition) is 3. The van der Waals surface area contributed by atoms with Crippen molar-refractivity contribution in [2.24, 2.45) is 0 Å². The van der Waals surface area contributed by atoms with Crippen LogP contribution in [0, 0.1) is 5.82 Å². The van der Waals surface area contributed by atoms with Gasteiger partial charge in [0.05, 0.1) is 23.4 Å². The van der Waals surface area contributed by atoms with Crippen molar-refractivity contribution in [1.29, 1.82) is 0 Å². The first-order chi connectivity index (χ1) is 15.4. The quantitative estimate of drug-likeness (QED) is 0.408. The number of halogens is 2. The van der Waals surface area contributed by atoms with E-state index in [1.54, 1.807) is 18.2 Å². The lowest BCUT2D eigenvalue weighted by Gasteiger charge is -2.18. The van der Waals surface area contributed by atoms with E-state index in [0.29, 0.717) is 16.8 Å². The second-order valence-electron chi connectivity index (χ2n) is 6.71. The predicted molar refractivity (Wildman–Crippen MR) is 117 cm³/mol. The maximum absolute atomic E-state index is 13.8. The highest BCUT2D eigenvalue weighted by Crippen LogP contribution is 2.23. The van der Waals surface area contributed by atoms with Crippen LogP contribution in [0.25, 0.3) is 11.3 Å². The number of pyridine rings is 1. The number of aliphatic hydroxyl groups is 1. The summed E-state index contributed by atoms with van der Waals surface area (Å²) < 4.78 is 15.1. The van der Waals surface area contributed by atoms with Gasteiger partial charge in [-0.05, 0) is 29.8 Å². The van der Waals surface area contributed by atoms with Crippen molar-refractivity contribution >= 4 is 23.5 Å². The molecule has 3 aromatic heterocycles. The molecule has 11 heteroatoms. The van der Waals surface area contributed by atoms with Crippen molar-refractivity contribution in [2.45, 2.75) is 6.04 Å². The molecule has 0 bridgehead atoms. The monoisotopic (exact) mass is 454 g/mol. The van der Waals surface area contributed by atoms with Crippen molar-refractivity contribution in [3.63, 3.8) is 0 Å². The number of nitrogens with one attached hydrogen (secondary N) is 2. The van der Waals surface area contributed by atoms with Gasteiger partial charge in [0.2, 0.25) is 11.9 Å². The molecule has 0 spiro atoms. The molecule has 3 heterocycles. The van der Waals surface area contributed by atoms with Gasteiger partial charge < -0.3 is 9.67 Å². The van der Waals surface area contributed by atoms with Gasteiger partial charge in [-0.25, -0.2) is 19.3 Å². The van der Waals surface area contributed by atoms with Crippen LogP contribution >= 0.6 is 11.6 Å². The van der Waals surface area contributed by atoms with E-state index in [2.05, 4.69) is 25.3 Å². The molecule has 0 fully saturated rings. The molecule has 3 N–H and O–H groups in total. The highest BCUT2D eigenvalue weighted by molar-refractivity contribution is 6.30. The third kappa shape index (κ3) is 4.56. The molecule has 32 heavy (non-hydrogen) atoms. The normalized spacial score (nSPS) is 11.8. The minimum absolute atomic E-state index is 0.0453. The number of nitrogens with zero attached hydrogens (tertiary/aromatic N) is 4. The molecule has 162 valence electrons. The first-order valence-electron chi connectivity index (χ1n) is 9.38. The predicted octanol–water partition coefficient (Wildman–Crippen LogP) is 2.51. The Morgan fingerprint density at radius 2 is 1.94 bits per heavy atom. The van der Waals surface area contributed by atoms with Crippen LogP contribution in [0.15, 0.2) is 70.6 Å². The average Bonchev–Trinajstić information content (AvgIpc) is 2.78. The van der Waals surface area contributed by atoms with Gasteiger partial charge in [-0.2, -0.15) is 0 Å². The van der Waals surface area contributed by atoms with E-state index in [-0.39, 0.29) is 22.5 Å². The Hall–Kier alpha value is -3.89. The molecule has 4 rings (SSSR count). The Labute approximate surface area is 185 Å². The molecule has 9 nitrogen and oxygen atoms in total. The number of rotatable bonds is 6. The van der Waals surface area contributed by atoms with Gasteiger partial charge in [0.15, 0.2) is 0 Å². The van der Waals surface area contributed by atoms with Crippen LogP contribution in [0.3, 0.4) is 0 Å². The van der Waals surface area contributed by atoms with Gasteiger partial charge in [-0.3, -0.25) is 19.9 Å². The first kappa shape index (κ1) is 21.3. The number of aromatic amines is 1. The molecule has 4 aromatic rings. The smallest absolute Gasteiger partial charge is 0.252 e. The summed E-state index contributed by atoms with van der Waals surface area (Å²) in [6.45, 7) is -0.413. The summed E-state index contributed by atoms with van der Waals surface area (Å²) in [7, 11) is 0. The van der Waals surface area contributed by atoms with Crippen LogP contribution in [-0.2, 0) is 0 Å². The Bertz CT molecular complexity index is 1390. The molecule has 1 aromatic carbocycles. The van der Waals surface area contributed by atoms with Gasteiger partial charge >= 0.3 is 0 Å². The van der Waals surface area contributed by atoms with E-state index in [0.717, 1.165) is 0 Å².